The minimum atomic E-state index is -0.0801. The van der Waals surface area contributed by atoms with Gasteiger partial charge < -0.3 is 5.73 Å². The minimum Gasteiger partial charge on any atom is -0.398 e. The number of hydrogen-bond acceptors (Lipinski definition) is 3. The van der Waals surface area contributed by atoms with Gasteiger partial charge in [0.15, 0.2) is 5.78 Å². The van der Waals surface area contributed by atoms with Gasteiger partial charge in [-0.1, -0.05) is 23.7 Å². The Balaban J connectivity index is 2.16. The second-order valence-electron chi connectivity index (χ2n) is 4.33. The first-order valence-electron chi connectivity index (χ1n) is 5.83. The van der Waals surface area contributed by atoms with E-state index < -0.39 is 0 Å². The van der Waals surface area contributed by atoms with Crippen molar-refractivity contribution in [2.24, 2.45) is 0 Å². The summed E-state index contributed by atoms with van der Waals surface area (Å²) in [5, 5.41) is 3.33. The number of carbonyl (C=O) groups excluding carboxylic acids is 1. The summed E-state index contributed by atoms with van der Waals surface area (Å²) in [6, 6.07) is 10.8. The lowest BCUT2D eigenvalue weighted by Crippen LogP contribution is -2.04. The highest BCUT2D eigenvalue weighted by Crippen LogP contribution is 2.34. The summed E-state index contributed by atoms with van der Waals surface area (Å²) in [5.41, 5.74) is 7.44. The van der Waals surface area contributed by atoms with Crippen LogP contribution < -0.4 is 5.73 Å². The third-order valence-electron chi connectivity index (χ3n) is 3.05. The van der Waals surface area contributed by atoms with Gasteiger partial charge in [-0.05, 0) is 40.2 Å². The van der Waals surface area contributed by atoms with E-state index in [1.54, 1.807) is 18.2 Å². The number of carbonyl (C=O) groups is 1. The standard InChI is InChI=1S/C15H9BrClNOS/c16-12-3-1-2-9-11(7-20-15(9)12)14(19)10-5-4-8(17)6-13(10)18/h1-7H,18H2. The third kappa shape index (κ3) is 2.24. The Kier molecular flexibility index (Phi) is 3.54. The lowest BCUT2D eigenvalue weighted by molar-refractivity contribution is 0.104. The van der Waals surface area contributed by atoms with Crippen LogP contribution in [-0.4, -0.2) is 5.78 Å². The lowest BCUT2D eigenvalue weighted by Gasteiger charge is -2.04. The Morgan fingerprint density at radius 2 is 2.00 bits per heavy atom. The molecular formula is C15H9BrClNOS. The van der Waals surface area contributed by atoms with Crippen LogP contribution in [0.1, 0.15) is 15.9 Å². The fourth-order valence-corrected chi connectivity index (χ4v) is 3.87. The van der Waals surface area contributed by atoms with Crippen LogP contribution in [0.15, 0.2) is 46.3 Å². The van der Waals surface area contributed by atoms with Gasteiger partial charge in [-0.15, -0.1) is 11.3 Å². The van der Waals surface area contributed by atoms with Crippen LogP contribution in [0.5, 0.6) is 0 Å². The number of hydrogen-bond donors (Lipinski definition) is 1. The van der Waals surface area contributed by atoms with Gasteiger partial charge in [-0.2, -0.15) is 0 Å². The topological polar surface area (TPSA) is 43.1 Å². The van der Waals surface area contributed by atoms with Crippen LogP contribution in [0.3, 0.4) is 0 Å². The number of benzene rings is 2. The normalized spacial score (nSPS) is 10.9. The second-order valence-corrected chi connectivity index (χ2v) is 6.50. The number of thiophene rings is 1. The number of rotatable bonds is 2. The van der Waals surface area contributed by atoms with E-state index in [0.717, 1.165) is 14.6 Å². The van der Waals surface area contributed by atoms with Crippen LogP contribution >= 0.6 is 38.9 Å². The zero-order valence-electron chi connectivity index (χ0n) is 10.2. The molecule has 3 aromatic rings. The third-order valence-corrected chi connectivity index (χ3v) is 5.24. The first-order valence-corrected chi connectivity index (χ1v) is 7.88. The molecule has 0 radical (unpaired) electrons. The molecular weight excluding hydrogens is 358 g/mol. The molecule has 0 fully saturated rings. The number of nitrogens with two attached hydrogens (primary N) is 1. The molecule has 20 heavy (non-hydrogen) atoms. The van der Waals surface area contributed by atoms with Crippen LogP contribution in [0.4, 0.5) is 5.69 Å². The maximum absolute atomic E-state index is 12.6. The molecule has 2 nitrogen and oxygen atoms in total. The van der Waals surface area contributed by atoms with E-state index in [4.69, 9.17) is 17.3 Å². The second kappa shape index (κ2) is 5.20. The molecule has 2 aromatic carbocycles. The highest BCUT2D eigenvalue weighted by Gasteiger charge is 2.17. The van der Waals surface area contributed by atoms with Crippen molar-refractivity contribution in [3.63, 3.8) is 0 Å². The summed E-state index contributed by atoms with van der Waals surface area (Å²) in [5.74, 6) is -0.0801. The molecule has 100 valence electrons. The molecule has 0 bridgehead atoms. The highest BCUT2D eigenvalue weighted by molar-refractivity contribution is 9.10. The van der Waals surface area contributed by atoms with Crippen molar-refractivity contribution >= 4 is 60.4 Å². The molecule has 0 saturated carbocycles. The maximum atomic E-state index is 12.6. The van der Waals surface area contributed by atoms with Crippen LogP contribution in [0.25, 0.3) is 10.1 Å². The number of fused-ring (bicyclic) bond motifs is 1. The fourth-order valence-electron chi connectivity index (χ4n) is 2.08. The molecule has 0 aliphatic heterocycles. The molecule has 5 heteroatoms. The number of halogens is 2. The number of anilines is 1. The van der Waals surface area contributed by atoms with Gasteiger partial charge in [0.2, 0.25) is 0 Å². The van der Waals surface area contributed by atoms with Gasteiger partial charge in [-0.3, -0.25) is 4.79 Å². The van der Waals surface area contributed by atoms with Crippen molar-refractivity contribution in [1.29, 1.82) is 0 Å². The van der Waals surface area contributed by atoms with E-state index in [-0.39, 0.29) is 5.78 Å². The van der Waals surface area contributed by atoms with Crippen molar-refractivity contribution < 1.29 is 4.79 Å². The number of nitrogen functional groups attached to an aromatic ring is 1. The quantitative estimate of drug-likeness (QED) is 0.504. The van der Waals surface area contributed by atoms with Crippen LogP contribution in [0, 0.1) is 0 Å². The summed E-state index contributed by atoms with van der Waals surface area (Å²) in [6.07, 6.45) is 0. The van der Waals surface area contributed by atoms with E-state index in [2.05, 4.69) is 15.9 Å². The fraction of sp³-hybridized carbons (Fsp3) is 0. The monoisotopic (exact) mass is 365 g/mol. The molecule has 0 saturated heterocycles. The molecule has 0 aliphatic rings. The van der Waals surface area contributed by atoms with Gasteiger partial charge in [0.05, 0.1) is 0 Å². The van der Waals surface area contributed by atoms with E-state index in [1.807, 2.05) is 23.6 Å². The van der Waals surface area contributed by atoms with E-state index >= 15 is 0 Å². The van der Waals surface area contributed by atoms with Crippen LogP contribution in [-0.2, 0) is 0 Å². The van der Waals surface area contributed by atoms with Crippen molar-refractivity contribution in [3.8, 4) is 0 Å². The maximum Gasteiger partial charge on any atom is 0.196 e. The zero-order valence-corrected chi connectivity index (χ0v) is 13.3. The molecule has 0 aliphatic carbocycles. The first-order chi connectivity index (χ1) is 9.58. The van der Waals surface area contributed by atoms with E-state index in [1.165, 1.54) is 11.3 Å². The van der Waals surface area contributed by atoms with E-state index in [0.29, 0.717) is 21.8 Å². The molecule has 1 aromatic heterocycles. The summed E-state index contributed by atoms with van der Waals surface area (Å²) < 4.78 is 2.05. The number of ketones is 1. The van der Waals surface area contributed by atoms with Crippen molar-refractivity contribution in [2.75, 3.05) is 5.73 Å². The van der Waals surface area contributed by atoms with Crippen molar-refractivity contribution in [3.05, 3.63) is 62.4 Å². The average molecular weight is 367 g/mol. The smallest absolute Gasteiger partial charge is 0.196 e. The van der Waals surface area contributed by atoms with Gasteiger partial charge >= 0.3 is 0 Å². The highest BCUT2D eigenvalue weighted by atomic mass is 79.9. The predicted molar refractivity (Wildman–Crippen MR) is 88.8 cm³/mol. The van der Waals surface area contributed by atoms with Gasteiger partial charge in [0.25, 0.3) is 0 Å². The molecule has 2 N–H and O–H groups in total. The minimum absolute atomic E-state index is 0.0801. The Bertz CT molecular complexity index is 828. The Labute approximate surface area is 133 Å². The zero-order chi connectivity index (χ0) is 14.3. The Hall–Kier alpha value is -1.36. The van der Waals surface area contributed by atoms with Gasteiger partial charge in [0.1, 0.15) is 0 Å². The van der Waals surface area contributed by atoms with Crippen molar-refractivity contribution in [1.82, 2.24) is 0 Å². The Morgan fingerprint density at radius 1 is 1.20 bits per heavy atom. The van der Waals surface area contributed by atoms with Crippen molar-refractivity contribution in [2.45, 2.75) is 0 Å². The molecule has 1 heterocycles. The first kappa shape index (κ1) is 13.6. The molecule has 0 atom stereocenters. The predicted octanol–water partition coefficient (Wildman–Crippen LogP) is 5.13. The van der Waals surface area contributed by atoms with Crippen LogP contribution in [0.2, 0.25) is 5.02 Å². The van der Waals surface area contributed by atoms with Gasteiger partial charge in [-0.25, -0.2) is 0 Å². The molecule has 0 amide bonds. The lowest BCUT2D eigenvalue weighted by atomic mass is 10.0. The molecule has 0 spiro atoms. The summed E-state index contributed by atoms with van der Waals surface area (Å²) in [6.45, 7) is 0. The summed E-state index contributed by atoms with van der Waals surface area (Å²) >= 11 is 10.9. The largest absolute Gasteiger partial charge is 0.398 e. The SMILES string of the molecule is Nc1cc(Cl)ccc1C(=O)c1csc2c(Br)cccc12. The molecule has 3 rings (SSSR count). The summed E-state index contributed by atoms with van der Waals surface area (Å²) in [7, 11) is 0. The molecule has 0 unspecified atom stereocenters. The van der Waals surface area contributed by atoms with E-state index in [9.17, 15) is 4.79 Å². The average Bonchev–Trinajstić information content (AvgIpc) is 2.83. The summed E-state index contributed by atoms with van der Waals surface area (Å²) in [4.78, 5) is 12.6. The van der Waals surface area contributed by atoms with Gasteiger partial charge in [0, 0.05) is 41.8 Å². The Morgan fingerprint density at radius 3 is 2.75 bits per heavy atom.